The Kier molecular flexibility index (Phi) is 5.13. The first kappa shape index (κ1) is 17.5. The minimum absolute atomic E-state index is 0.147. The average molecular weight is 348 g/mol. The normalized spacial score (nSPS) is 16.2. The number of hydrogen-bond donors (Lipinski definition) is 1. The molecule has 0 aliphatic carbocycles. The zero-order valence-electron chi connectivity index (χ0n) is 14.4. The molecule has 1 saturated heterocycles. The molecule has 5 nitrogen and oxygen atoms in total. The first-order chi connectivity index (χ1) is 11.9. The summed E-state index contributed by atoms with van der Waals surface area (Å²) in [5.41, 5.74) is 1.30. The van der Waals surface area contributed by atoms with Crippen LogP contribution < -0.4 is 10.5 Å². The number of anilines is 1. The summed E-state index contributed by atoms with van der Waals surface area (Å²) in [6.07, 6.45) is 1.72. The number of nitrogens with one attached hydrogen (secondary N) is 1. The zero-order valence-corrected chi connectivity index (χ0v) is 14.4. The lowest BCUT2D eigenvalue weighted by Gasteiger charge is -2.31. The second-order valence-corrected chi connectivity index (χ2v) is 6.72. The minimum Gasteiger partial charge on any atom is -0.348 e. The van der Waals surface area contributed by atoms with Gasteiger partial charge in [0.05, 0.1) is 5.69 Å². The molecule has 1 aromatic heterocycles. The van der Waals surface area contributed by atoms with Gasteiger partial charge in [-0.05, 0) is 43.6 Å². The quantitative estimate of drug-likeness (QED) is 0.922. The molecular formula is C18H22F2N4O. The lowest BCUT2D eigenvalue weighted by atomic mass is 9.93. The Morgan fingerprint density at radius 1 is 1.16 bits per heavy atom. The van der Waals surface area contributed by atoms with Crippen LogP contribution in [-0.4, -0.2) is 42.1 Å². The molecule has 7 heteroatoms. The zero-order chi connectivity index (χ0) is 18.0. The molecule has 2 aromatic rings. The third kappa shape index (κ3) is 4.42. The summed E-state index contributed by atoms with van der Waals surface area (Å²) in [5.74, 6) is -0.315. The van der Waals surface area contributed by atoms with E-state index in [2.05, 4.69) is 14.9 Å². The van der Waals surface area contributed by atoms with E-state index in [1.165, 1.54) is 12.1 Å². The average Bonchev–Trinajstić information content (AvgIpc) is 2.54. The van der Waals surface area contributed by atoms with Crippen LogP contribution in [0.15, 0.2) is 29.1 Å². The number of hydrogen-bond acceptors (Lipinski definition) is 4. The number of halogens is 2. The number of benzene rings is 1. The molecule has 134 valence electrons. The van der Waals surface area contributed by atoms with E-state index in [1.54, 1.807) is 11.0 Å². The van der Waals surface area contributed by atoms with E-state index in [0.29, 0.717) is 18.1 Å². The fourth-order valence-corrected chi connectivity index (χ4v) is 3.23. The molecule has 1 aromatic carbocycles. The number of nitrogens with zero attached hydrogens (tertiary/aromatic N) is 3. The van der Waals surface area contributed by atoms with E-state index < -0.39 is 11.6 Å². The van der Waals surface area contributed by atoms with Crippen LogP contribution in [0.25, 0.3) is 0 Å². The second kappa shape index (κ2) is 7.31. The van der Waals surface area contributed by atoms with Crippen molar-refractivity contribution in [3.05, 3.63) is 57.5 Å². The van der Waals surface area contributed by atoms with Gasteiger partial charge in [-0.2, -0.15) is 0 Å². The van der Waals surface area contributed by atoms with Crippen LogP contribution in [0.4, 0.5) is 14.7 Å². The highest BCUT2D eigenvalue weighted by molar-refractivity contribution is 5.28. The van der Waals surface area contributed by atoms with Crippen LogP contribution in [0.5, 0.6) is 0 Å². The van der Waals surface area contributed by atoms with Gasteiger partial charge in [-0.1, -0.05) is 0 Å². The topological polar surface area (TPSA) is 52.2 Å². The number of likely N-dealkylation sites (tertiary alicyclic amines) is 1. The number of aromatic nitrogens is 2. The summed E-state index contributed by atoms with van der Waals surface area (Å²) in [7, 11) is 3.67. The third-order valence-electron chi connectivity index (χ3n) is 4.51. The molecule has 0 radical (unpaired) electrons. The summed E-state index contributed by atoms with van der Waals surface area (Å²) in [6.45, 7) is 2.12. The Balaban J connectivity index is 1.65. The predicted octanol–water partition coefficient (Wildman–Crippen LogP) is 2.49. The van der Waals surface area contributed by atoms with Crippen molar-refractivity contribution in [3.63, 3.8) is 0 Å². The molecule has 0 unspecified atom stereocenters. The summed E-state index contributed by atoms with van der Waals surface area (Å²) in [5, 5.41) is 0. The highest BCUT2D eigenvalue weighted by atomic mass is 19.1. The highest BCUT2D eigenvalue weighted by Gasteiger charge is 2.23. The van der Waals surface area contributed by atoms with Crippen molar-refractivity contribution < 1.29 is 8.78 Å². The highest BCUT2D eigenvalue weighted by Crippen LogP contribution is 2.27. The van der Waals surface area contributed by atoms with Gasteiger partial charge in [0, 0.05) is 38.7 Å². The molecule has 25 heavy (non-hydrogen) atoms. The summed E-state index contributed by atoms with van der Waals surface area (Å²) >= 11 is 0. The van der Waals surface area contributed by atoms with Crippen molar-refractivity contribution in [1.82, 2.24) is 14.9 Å². The Morgan fingerprint density at radius 2 is 1.80 bits per heavy atom. The monoisotopic (exact) mass is 348 g/mol. The molecule has 0 amide bonds. The Bertz CT molecular complexity index is 778. The van der Waals surface area contributed by atoms with Gasteiger partial charge in [-0.25, -0.2) is 13.8 Å². The van der Waals surface area contributed by atoms with Gasteiger partial charge in [0.1, 0.15) is 11.6 Å². The molecule has 1 N–H and O–H groups in total. The van der Waals surface area contributed by atoms with Crippen molar-refractivity contribution in [2.75, 3.05) is 32.1 Å². The van der Waals surface area contributed by atoms with E-state index >= 15 is 0 Å². The Hall–Kier alpha value is -2.28. The van der Waals surface area contributed by atoms with Crippen molar-refractivity contribution >= 4 is 5.95 Å². The van der Waals surface area contributed by atoms with Gasteiger partial charge < -0.3 is 4.90 Å². The second-order valence-electron chi connectivity index (χ2n) is 6.72. The van der Waals surface area contributed by atoms with Crippen molar-refractivity contribution in [2.45, 2.75) is 25.3 Å². The summed E-state index contributed by atoms with van der Waals surface area (Å²) < 4.78 is 26.6. The first-order valence-corrected chi connectivity index (χ1v) is 8.36. The van der Waals surface area contributed by atoms with Crippen LogP contribution >= 0.6 is 0 Å². The molecule has 0 spiro atoms. The maximum atomic E-state index is 13.3. The van der Waals surface area contributed by atoms with Crippen molar-refractivity contribution in [1.29, 1.82) is 0 Å². The van der Waals surface area contributed by atoms with Gasteiger partial charge in [-0.3, -0.25) is 14.7 Å². The maximum Gasteiger partial charge on any atom is 0.252 e. The van der Waals surface area contributed by atoms with E-state index in [9.17, 15) is 13.6 Å². The van der Waals surface area contributed by atoms with Crippen molar-refractivity contribution in [2.24, 2.45) is 0 Å². The third-order valence-corrected chi connectivity index (χ3v) is 4.51. The lowest BCUT2D eigenvalue weighted by molar-refractivity contribution is 0.203. The fourth-order valence-electron chi connectivity index (χ4n) is 3.23. The van der Waals surface area contributed by atoms with Crippen LogP contribution in [0.2, 0.25) is 0 Å². The van der Waals surface area contributed by atoms with E-state index in [0.717, 1.165) is 37.7 Å². The summed E-state index contributed by atoms with van der Waals surface area (Å²) in [4.78, 5) is 23.0. The molecule has 3 rings (SSSR count). The molecule has 1 fully saturated rings. The van der Waals surface area contributed by atoms with Crippen LogP contribution in [0.3, 0.4) is 0 Å². The number of aromatic amines is 1. The van der Waals surface area contributed by atoms with E-state index in [-0.39, 0.29) is 11.5 Å². The molecule has 0 saturated carbocycles. The first-order valence-electron chi connectivity index (χ1n) is 8.36. The van der Waals surface area contributed by atoms with E-state index in [1.807, 2.05) is 14.1 Å². The van der Waals surface area contributed by atoms with Crippen molar-refractivity contribution in [3.8, 4) is 0 Å². The number of rotatable bonds is 4. The molecular weight excluding hydrogens is 326 g/mol. The molecule has 0 atom stereocenters. The maximum absolute atomic E-state index is 13.3. The number of piperidine rings is 1. The van der Waals surface area contributed by atoms with Crippen LogP contribution in [0, 0.1) is 11.6 Å². The SMILES string of the molecule is CN(C)c1nc(C2CCN(Cc3cc(F)cc(F)c3)CC2)cc(=O)[nH]1. The van der Waals surface area contributed by atoms with Crippen LogP contribution in [-0.2, 0) is 6.54 Å². The molecule has 1 aliphatic rings. The lowest BCUT2D eigenvalue weighted by Crippen LogP contribution is -2.33. The fraction of sp³-hybridized carbons (Fsp3) is 0.444. The van der Waals surface area contributed by atoms with Gasteiger partial charge in [0.15, 0.2) is 0 Å². The van der Waals surface area contributed by atoms with E-state index in [4.69, 9.17) is 0 Å². The minimum atomic E-state index is -0.547. The predicted molar refractivity (Wildman–Crippen MR) is 92.8 cm³/mol. The molecule has 2 heterocycles. The summed E-state index contributed by atoms with van der Waals surface area (Å²) in [6, 6.07) is 5.19. The smallest absolute Gasteiger partial charge is 0.252 e. The largest absolute Gasteiger partial charge is 0.348 e. The van der Waals surface area contributed by atoms with Gasteiger partial charge in [-0.15, -0.1) is 0 Å². The van der Waals surface area contributed by atoms with Gasteiger partial charge in [0.25, 0.3) is 5.56 Å². The molecule has 1 aliphatic heterocycles. The van der Waals surface area contributed by atoms with Crippen LogP contribution in [0.1, 0.15) is 30.0 Å². The Morgan fingerprint density at radius 3 is 2.40 bits per heavy atom. The number of H-pyrrole nitrogens is 1. The molecule has 0 bridgehead atoms. The van der Waals surface area contributed by atoms with Gasteiger partial charge in [0.2, 0.25) is 5.95 Å². The standard InChI is InChI=1S/C18H22F2N4O/c1-23(2)18-21-16(10-17(25)22-18)13-3-5-24(6-4-13)11-12-7-14(19)9-15(20)8-12/h7-10,13H,3-6,11H2,1-2H3,(H,21,22,25). The van der Waals surface area contributed by atoms with Gasteiger partial charge >= 0.3 is 0 Å². The Labute approximate surface area is 145 Å².